The van der Waals surface area contributed by atoms with Crippen molar-refractivity contribution in [3.8, 4) is 11.1 Å². The maximum absolute atomic E-state index is 12.6. The minimum Gasteiger partial charge on any atom is -0.480 e. The van der Waals surface area contributed by atoms with Gasteiger partial charge >= 0.3 is 5.97 Å². The van der Waals surface area contributed by atoms with Crippen LogP contribution in [0.15, 0.2) is 53.4 Å². The second kappa shape index (κ2) is 10.4. The number of nitrogens with one attached hydrogen (secondary N) is 2. The highest BCUT2D eigenvalue weighted by Crippen LogP contribution is 2.23. The normalized spacial score (nSPS) is 12.3. The molecular weight excluding hydrogens is 416 g/mol. The van der Waals surface area contributed by atoms with Crippen molar-refractivity contribution in [1.82, 2.24) is 10.0 Å². The van der Waals surface area contributed by atoms with Crippen LogP contribution in [0.4, 0.5) is 0 Å². The Bertz CT molecular complexity index is 944. The van der Waals surface area contributed by atoms with Crippen LogP contribution in [0.3, 0.4) is 0 Å². The third-order valence-corrected chi connectivity index (χ3v) is 5.99. The molecule has 2 aromatic rings. The highest BCUT2D eigenvalue weighted by atomic mass is 35.5. The number of rotatable bonds is 10. The molecule has 0 bridgehead atoms. The molecule has 0 saturated heterocycles. The molecule has 0 radical (unpaired) electrons. The third-order valence-electron chi connectivity index (χ3n) is 4.25. The Kier molecular flexibility index (Phi) is 8.19. The van der Waals surface area contributed by atoms with Gasteiger partial charge in [0, 0.05) is 18.0 Å². The molecule has 156 valence electrons. The molecule has 3 N–H and O–H groups in total. The predicted molar refractivity (Wildman–Crippen MR) is 111 cm³/mol. The van der Waals surface area contributed by atoms with E-state index in [1.54, 1.807) is 31.2 Å². The van der Waals surface area contributed by atoms with E-state index >= 15 is 0 Å². The minimum absolute atomic E-state index is 0.0271. The molecular formula is C20H23ClN2O5S. The zero-order valence-corrected chi connectivity index (χ0v) is 17.5. The fourth-order valence-corrected chi connectivity index (χ4v) is 3.97. The first kappa shape index (κ1) is 22.9. The molecule has 0 heterocycles. The Morgan fingerprint density at radius 3 is 2.10 bits per heavy atom. The molecule has 0 aliphatic rings. The summed E-state index contributed by atoms with van der Waals surface area (Å²) in [6, 6.07) is 12.0. The van der Waals surface area contributed by atoms with Crippen molar-refractivity contribution in [3.63, 3.8) is 0 Å². The van der Waals surface area contributed by atoms with Gasteiger partial charge in [-0.15, -0.1) is 0 Å². The van der Waals surface area contributed by atoms with Gasteiger partial charge in [-0.1, -0.05) is 42.8 Å². The first-order valence-electron chi connectivity index (χ1n) is 9.10. The van der Waals surface area contributed by atoms with Gasteiger partial charge in [0.2, 0.25) is 15.9 Å². The first-order chi connectivity index (χ1) is 13.7. The van der Waals surface area contributed by atoms with Crippen LogP contribution in [0, 0.1) is 0 Å². The van der Waals surface area contributed by atoms with Gasteiger partial charge in [-0.05, 0) is 48.2 Å². The van der Waals surface area contributed by atoms with Crippen molar-refractivity contribution < 1.29 is 23.1 Å². The summed E-state index contributed by atoms with van der Waals surface area (Å²) >= 11 is 5.87. The maximum Gasteiger partial charge on any atom is 0.321 e. The van der Waals surface area contributed by atoms with E-state index < -0.39 is 22.0 Å². The summed E-state index contributed by atoms with van der Waals surface area (Å²) in [4.78, 5) is 22.6. The largest absolute Gasteiger partial charge is 0.480 e. The summed E-state index contributed by atoms with van der Waals surface area (Å²) in [6.07, 6.45) is 0.725. The number of hydrogen-bond acceptors (Lipinski definition) is 4. The summed E-state index contributed by atoms with van der Waals surface area (Å²) in [7, 11) is -4.01. The molecule has 0 unspecified atom stereocenters. The van der Waals surface area contributed by atoms with Gasteiger partial charge in [-0.2, -0.15) is 4.72 Å². The van der Waals surface area contributed by atoms with Gasteiger partial charge in [-0.25, -0.2) is 8.42 Å². The van der Waals surface area contributed by atoms with Crippen molar-refractivity contribution >= 4 is 33.5 Å². The number of sulfonamides is 1. The van der Waals surface area contributed by atoms with Crippen LogP contribution >= 0.6 is 11.6 Å². The zero-order valence-electron chi connectivity index (χ0n) is 15.9. The van der Waals surface area contributed by atoms with Crippen molar-refractivity contribution in [2.75, 3.05) is 6.54 Å². The van der Waals surface area contributed by atoms with Crippen molar-refractivity contribution in [2.45, 2.75) is 37.1 Å². The van der Waals surface area contributed by atoms with Gasteiger partial charge < -0.3 is 10.4 Å². The second-order valence-electron chi connectivity index (χ2n) is 6.39. The van der Waals surface area contributed by atoms with Crippen LogP contribution in [-0.2, 0) is 19.6 Å². The Hall–Kier alpha value is -2.42. The van der Waals surface area contributed by atoms with Crippen molar-refractivity contribution in [3.05, 3.63) is 53.6 Å². The molecule has 2 aromatic carbocycles. The molecule has 0 aromatic heterocycles. The summed E-state index contributed by atoms with van der Waals surface area (Å²) < 4.78 is 27.4. The quantitative estimate of drug-likeness (QED) is 0.493. The number of carbonyl (C=O) groups excluding carboxylic acids is 1. The molecule has 0 spiro atoms. The number of carbonyl (C=O) groups is 2. The van der Waals surface area contributed by atoms with E-state index in [0.717, 1.165) is 11.1 Å². The maximum atomic E-state index is 12.6. The lowest BCUT2D eigenvalue weighted by atomic mass is 10.1. The van der Waals surface area contributed by atoms with E-state index in [1.807, 2.05) is 12.1 Å². The molecule has 0 aliphatic heterocycles. The lowest BCUT2D eigenvalue weighted by molar-refractivity contribution is -0.139. The van der Waals surface area contributed by atoms with Gasteiger partial charge in [-0.3, -0.25) is 9.59 Å². The fraction of sp³-hybridized carbons (Fsp3) is 0.300. The number of halogens is 1. The topological polar surface area (TPSA) is 113 Å². The standard InChI is InChI=1S/C20H23ClN2O5S/c1-2-19(24)22-13-3-4-18(20(25)26)23-29(27,28)17-11-7-15(8-12-17)14-5-9-16(21)10-6-14/h5-12,18,23H,2-4,13H2,1H3,(H,22,24)(H,25,26)/t18-/m0/s1. The Balaban J connectivity index is 2.04. The van der Waals surface area contributed by atoms with Crippen LogP contribution in [0.2, 0.25) is 5.02 Å². The van der Waals surface area contributed by atoms with Crippen LogP contribution in [0.25, 0.3) is 11.1 Å². The van der Waals surface area contributed by atoms with Gasteiger partial charge in [0.15, 0.2) is 0 Å². The Labute approximate surface area is 175 Å². The van der Waals surface area contributed by atoms with E-state index in [-0.39, 0.29) is 23.8 Å². The summed E-state index contributed by atoms with van der Waals surface area (Å²) in [5, 5.41) is 12.6. The predicted octanol–water partition coefficient (Wildman–Crippen LogP) is 3.04. The van der Waals surface area contributed by atoms with E-state index in [4.69, 9.17) is 11.6 Å². The highest BCUT2D eigenvalue weighted by Gasteiger charge is 2.25. The Morgan fingerprint density at radius 1 is 1.03 bits per heavy atom. The molecule has 9 heteroatoms. The summed E-state index contributed by atoms with van der Waals surface area (Å²) in [5.41, 5.74) is 1.69. The first-order valence-corrected chi connectivity index (χ1v) is 11.0. The monoisotopic (exact) mass is 438 g/mol. The lowest BCUT2D eigenvalue weighted by Gasteiger charge is -2.15. The lowest BCUT2D eigenvalue weighted by Crippen LogP contribution is -2.41. The number of aliphatic carboxylic acids is 1. The average Bonchev–Trinajstić information content (AvgIpc) is 2.70. The summed E-state index contributed by atoms with van der Waals surface area (Å²) in [6.45, 7) is 2.00. The zero-order chi connectivity index (χ0) is 21.4. The average molecular weight is 439 g/mol. The number of benzene rings is 2. The van der Waals surface area contributed by atoms with Crippen LogP contribution in [0.1, 0.15) is 26.2 Å². The van der Waals surface area contributed by atoms with Crippen LogP contribution in [0.5, 0.6) is 0 Å². The van der Waals surface area contributed by atoms with Gasteiger partial charge in [0.1, 0.15) is 6.04 Å². The number of carboxylic acids is 1. The SMILES string of the molecule is CCC(=O)NCCC[C@H](NS(=O)(=O)c1ccc(-c2ccc(Cl)cc2)cc1)C(=O)O. The molecule has 0 saturated carbocycles. The molecule has 0 fully saturated rings. The number of amides is 1. The molecule has 1 atom stereocenters. The molecule has 7 nitrogen and oxygen atoms in total. The number of hydrogen-bond donors (Lipinski definition) is 3. The third kappa shape index (κ3) is 6.85. The van der Waals surface area contributed by atoms with Crippen LogP contribution in [-0.4, -0.2) is 38.0 Å². The molecule has 2 rings (SSSR count). The second-order valence-corrected chi connectivity index (χ2v) is 8.54. The van der Waals surface area contributed by atoms with E-state index in [2.05, 4.69) is 10.0 Å². The smallest absolute Gasteiger partial charge is 0.321 e. The highest BCUT2D eigenvalue weighted by molar-refractivity contribution is 7.89. The van der Waals surface area contributed by atoms with Gasteiger partial charge in [0.25, 0.3) is 0 Å². The summed E-state index contributed by atoms with van der Waals surface area (Å²) in [5.74, 6) is -1.41. The molecule has 0 aliphatic carbocycles. The molecule has 1 amide bonds. The minimum atomic E-state index is -4.01. The van der Waals surface area contributed by atoms with Crippen LogP contribution < -0.4 is 10.0 Å². The molecule has 29 heavy (non-hydrogen) atoms. The van der Waals surface area contributed by atoms with Gasteiger partial charge in [0.05, 0.1) is 4.90 Å². The van der Waals surface area contributed by atoms with Crippen molar-refractivity contribution in [1.29, 1.82) is 0 Å². The van der Waals surface area contributed by atoms with Crippen molar-refractivity contribution in [2.24, 2.45) is 0 Å². The van der Waals surface area contributed by atoms with E-state index in [9.17, 15) is 23.1 Å². The van der Waals surface area contributed by atoms with E-state index in [1.165, 1.54) is 12.1 Å². The number of carboxylic acid groups (broad SMARTS) is 1. The Morgan fingerprint density at radius 2 is 1.59 bits per heavy atom. The van der Waals surface area contributed by atoms with E-state index in [0.29, 0.717) is 17.9 Å². The fourth-order valence-electron chi connectivity index (χ4n) is 2.62.